The van der Waals surface area contributed by atoms with E-state index < -0.39 is 0 Å². The first-order valence-corrected chi connectivity index (χ1v) is 9.61. The molecule has 0 radical (unpaired) electrons. The third kappa shape index (κ3) is 4.15. The summed E-state index contributed by atoms with van der Waals surface area (Å²) in [4.78, 5) is 32.1. The Hall–Kier alpha value is -2.76. The molecular formula is C21H25N3O3. The van der Waals surface area contributed by atoms with Crippen LogP contribution in [-0.4, -0.2) is 59.4 Å². The van der Waals surface area contributed by atoms with E-state index in [9.17, 15) is 9.59 Å². The Morgan fingerprint density at radius 3 is 2.52 bits per heavy atom. The van der Waals surface area contributed by atoms with Crippen molar-refractivity contribution in [2.24, 2.45) is 0 Å². The minimum absolute atomic E-state index is 0.116. The molecule has 2 amide bonds. The van der Waals surface area contributed by atoms with Crippen LogP contribution in [0.1, 0.15) is 23.2 Å². The first kappa shape index (κ1) is 17.6. The van der Waals surface area contributed by atoms with Crippen LogP contribution in [0.5, 0.6) is 5.75 Å². The predicted octanol–water partition coefficient (Wildman–Crippen LogP) is 1.80. The Kier molecular flexibility index (Phi) is 5.14. The highest BCUT2D eigenvalue weighted by molar-refractivity contribution is 5.80. The molecule has 0 saturated carbocycles. The van der Waals surface area contributed by atoms with Gasteiger partial charge in [0, 0.05) is 44.5 Å². The van der Waals surface area contributed by atoms with Gasteiger partial charge in [-0.1, -0.05) is 12.1 Å². The smallest absolute Gasteiger partial charge is 0.228 e. The molecule has 2 aliphatic rings. The van der Waals surface area contributed by atoms with Gasteiger partial charge < -0.3 is 19.5 Å². The summed E-state index contributed by atoms with van der Waals surface area (Å²) in [5.41, 5.74) is 3.16. The van der Waals surface area contributed by atoms with Crippen molar-refractivity contribution in [3.8, 4) is 5.75 Å². The van der Waals surface area contributed by atoms with E-state index >= 15 is 0 Å². The monoisotopic (exact) mass is 367 g/mol. The zero-order chi connectivity index (χ0) is 18.6. The molecule has 0 unspecified atom stereocenters. The fourth-order valence-electron chi connectivity index (χ4n) is 3.80. The summed E-state index contributed by atoms with van der Waals surface area (Å²) < 4.78 is 5.53. The minimum atomic E-state index is 0.116. The molecule has 1 N–H and O–H groups in total. The molecule has 4 rings (SSSR count). The van der Waals surface area contributed by atoms with Crippen molar-refractivity contribution in [2.75, 3.05) is 32.8 Å². The van der Waals surface area contributed by atoms with Crippen LogP contribution in [0.2, 0.25) is 0 Å². The first-order valence-electron chi connectivity index (χ1n) is 9.61. The fraction of sp³-hybridized carbons (Fsp3) is 0.429. The number of carbonyl (C=O) groups is 2. The van der Waals surface area contributed by atoms with Gasteiger partial charge in [0.05, 0.1) is 19.4 Å². The number of nitrogens with one attached hydrogen (secondary N) is 1. The van der Waals surface area contributed by atoms with E-state index in [1.54, 1.807) is 0 Å². The van der Waals surface area contributed by atoms with Gasteiger partial charge in [0.15, 0.2) is 0 Å². The molecule has 3 heterocycles. The number of carbonyl (C=O) groups excluding carboxylic acids is 2. The van der Waals surface area contributed by atoms with Crippen LogP contribution in [0.4, 0.5) is 0 Å². The molecule has 2 aliphatic heterocycles. The SMILES string of the molecule is O=C(Cc1ccc2c(c1)CCO2)N1CCCN(C(=O)Cc2ccc[nH]2)CC1. The van der Waals surface area contributed by atoms with Crippen LogP contribution in [-0.2, 0) is 28.9 Å². The average Bonchev–Trinajstić information content (AvgIpc) is 3.27. The van der Waals surface area contributed by atoms with Crippen molar-refractivity contribution in [2.45, 2.75) is 25.7 Å². The van der Waals surface area contributed by atoms with Crippen LogP contribution >= 0.6 is 0 Å². The number of benzene rings is 1. The van der Waals surface area contributed by atoms with Gasteiger partial charge in [-0.2, -0.15) is 0 Å². The van der Waals surface area contributed by atoms with Gasteiger partial charge in [0.1, 0.15) is 5.75 Å². The van der Waals surface area contributed by atoms with Gasteiger partial charge in [-0.15, -0.1) is 0 Å². The van der Waals surface area contributed by atoms with E-state index in [0.29, 0.717) is 39.0 Å². The molecule has 0 spiro atoms. The Morgan fingerprint density at radius 2 is 1.78 bits per heavy atom. The van der Waals surface area contributed by atoms with Gasteiger partial charge in [-0.05, 0) is 35.7 Å². The number of hydrogen-bond donors (Lipinski definition) is 1. The molecule has 0 bridgehead atoms. The molecule has 0 atom stereocenters. The number of fused-ring (bicyclic) bond motifs is 1. The maximum absolute atomic E-state index is 12.7. The highest BCUT2D eigenvalue weighted by Crippen LogP contribution is 2.26. The van der Waals surface area contributed by atoms with Crippen LogP contribution < -0.4 is 4.74 Å². The van der Waals surface area contributed by atoms with Crippen LogP contribution in [0, 0.1) is 0 Å². The lowest BCUT2D eigenvalue weighted by Crippen LogP contribution is -2.38. The van der Waals surface area contributed by atoms with Crippen molar-refractivity contribution in [3.05, 3.63) is 53.3 Å². The quantitative estimate of drug-likeness (QED) is 0.896. The summed E-state index contributed by atoms with van der Waals surface area (Å²) in [5, 5.41) is 0. The Labute approximate surface area is 159 Å². The summed E-state index contributed by atoms with van der Waals surface area (Å²) in [6, 6.07) is 9.86. The van der Waals surface area contributed by atoms with E-state index in [0.717, 1.165) is 36.5 Å². The van der Waals surface area contributed by atoms with Crippen molar-refractivity contribution in [3.63, 3.8) is 0 Å². The van der Waals surface area contributed by atoms with Crippen molar-refractivity contribution in [1.82, 2.24) is 14.8 Å². The Balaban J connectivity index is 1.32. The number of aromatic nitrogens is 1. The second-order valence-electron chi connectivity index (χ2n) is 7.20. The van der Waals surface area contributed by atoms with Gasteiger partial charge in [-0.25, -0.2) is 0 Å². The minimum Gasteiger partial charge on any atom is -0.493 e. The number of amides is 2. The lowest BCUT2D eigenvalue weighted by atomic mass is 10.1. The molecule has 1 aromatic carbocycles. The Bertz CT molecular complexity index is 816. The Morgan fingerprint density at radius 1 is 1.00 bits per heavy atom. The normalized spacial score (nSPS) is 16.6. The number of H-pyrrole nitrogens is 1. The largest absolute Gasteiger partial charge is 0.493 e. The van der Waals surface area contributed by atoms with E-state index in [2.05, 4.69) is 11.1 Å². The van der Waals surface area contributed by atoms with E-state index in [-0.39, 0.29) is 11.8 Å². The zero-order valence-corrected chi connectivity index (χ0v) is 15.4. The summed E-state index contributed by atoms with van der Waals surface area (Å²) in [6.45, 7) is 3.34. The average molecular weight is 367 g/mol. The maximum atomic E-state index is 12.7. The van der Waals surface area contributed by atoms with Crippen LogP contribution in [0.15, 0.2) is 36.5 Å². The molecule has 6 nitrogen and oxygen atoms in total. The van der Waals surface area contributed by atoms with Gasteiger partial charge in [0.2, 0.25) is 11.8 Å². The second-order valence-corrected chi connectivity index (χ2v) is 7.20. The van der Waals surface area contributed by atoms with Crippen molar-refractivity contribution in [1.29, 1.82) is 0 Å². The summed E-state index contributed by atoms with van der Waals surface area (Å²) in [6.07, 6.45) is 4.36. The predicted molar refractivity (Wildman–Crippen MR) is 102 cm³/mol. The third-order valence-electron chi connectivity index (χ3n) is 5.31. The zero-order valence-electron chi connectivity index (χ0n) is 15.4. The van der Waals surface area contributed by atoms with Crippen molar-refractivity contribution >= 4 is 11.8 Å². The molecule has 6 heteroatoms. The molecular weight excluding hydrogens is 342 g/mol. The van der Waals surface area contributed by atoms with E-state index in [4.69, 9.17) is 4.74 Å². The summed E-state index contributed by atoms with van der Waals surface area (Å²) >= 11 is 0. The molecule has 1 saturated heterocycles. The van der Waals surface area contributed by atoms with Crippen molar-refractivity contribution < 1.29 is 14.3 Å². The van der Waals surface area contributed by atoms with E-state index in [1.165, 1.54) is 5.56 Å². The van der Waals surface area contributed by atoms with Gasteiger partial charge in [0.25, 0.3) is 0 Å². The highest BCUT2D eigenvalue weighted by atomic mass is 16.5. The molecule has 1 fully saturated rings. The molecule has 0 aliphatic carbocycles. The third-order valence-corrected chi connectivity index (χ3v) is 5.31. The maximum Gasteiger partial charge on any atom is 0.228 e. The summed E-state index contributed by atoms with van der Waals surface area (Å²) in [5.74, 6) is 1.19. The fourth-order valence-corrected chi connectivity index (χ4v) is 3.80. The van der Waals surface area contributed by atoms with Gasteiger partial charge >= 0.3 is 0 Å². The highest BCUT2D eigenvalue weighted by Gasteiger charge is 2.23. The number of nitrogens with zero attached hydrogens (tertiary/aromatic N) is 2. The lowest BCUT2D eigenvalue weighted by Gasteiger charge is -2.22. The molecule has 142 valence electrons. The lowest BCUT2D eigenvalue weighted by molar-refractivity contribution is -0.132. The standard InChI is InChI=1S/C21H25N3O3/c25-20(14-16-4-5-19-17(13-16)6-12-27-19)23-8-2-9-24(11-10-23)21(26)15-18-3-1-7-22-18/h1,3-5,7,13,22H,2,6,8-12,14-15H2. The number of rotatable bonds is 4. The number of hydrogen-bond acceptors (Lipinski definition) is 3. The molecule has 1 aromatic heterocycles. The topological polar surface area (TPSA) is 65.6 Å². The number of ether oxygens (including phenoxy) is 1. The first-order chi connectivity index (χ1) is 13.2. The second kappa shape index (κ2) is 7.86. The van der Waals surface area contributed by atoms with Gasteiger partial charge in [-0.3, -0.25) is 9.59 Å². The molecule has 27 heavy (non-hydrogen) atoms. The molecule has 2 aromatic rings. The van der Waals surface area contributed by atoms with Crippen LogP contribution in [0.3, 0.4) is 0 Å². The number of aromatic amines is 1. The summed E-state index contributed by atoms with van der Waals surface area (Å²) in [7, 11) is 0. The van der Waals surface area contributed by atoms with E-state index in [1.807, 2.05) is 40.3 Å². The van der Waals surface area contributed by atoms with Crippen LogP contribution in [0.25, 0.3) is 0 Å².